The Morgan fingerprint density at radius 1 is 1.13 bits per heavy atom. The molecule has 1 N–H and O–H groups in total. The highest BCUT2D eigenvalue weighted by Crippen LogP contribution is 2.69. The van der Waals surface area contributed by atoms with Gasteiger partial charge in [0.15, 0.2) is 11.6 Å². The van der Waals surface area contributed by atoms with Crippen molar-refractivity contribution in [1.29, 1.82) is 0 Å². The van der Waals surface area contributed by atoms with E-state index in [1.54, 1.807) is 7.11 Å². The average Bonchev–Trinajstić information content (AvgIpc) is 3.59. The highest BCUT2D eigenvalue weighted by molar-refractivity contribution is 6.04. The van der Waals surface area contributed by atoms with Crippen molar-refractivity contribution in [2.24, 2.45) is 23.2 Å². The van der Waals surface area contributed by atoms with Gasteiger partial charge in [-0.1, -0.05) is 17.7 Å². The van der Waals surface area contributed by atoms with Gasteiger partial charge in [0.25, 0.3) is 0 Å². The summed E-state index contributed by atoms with van der Waals surface area (Å²) in [5.74, 6) is -1.33. The molecule has 0 aromatic carbocycles. The molecule has 3 aliphatic carbocycles. The predicted molar refractivity (Wildman–Crippen MR) is 104 cm³/mol. The maximum atomic E-state index is 14.0. The van der Waals surface area contributed by atoms with Crippen LogP contribution in [-0.4, -0.2) is 72.1 Å². The van der Waals surface area contributed by atoms with Crippen LogP contribution in [0.2, 0.25) is 0 Å². The first kappa shape index (κ1) is 19.3. The molecule has 7 heteroatoms. The number of rotatable bonds is 3. The highest BCUT2D eigenvalue weighted by atomic mass is 16.6. The van der Waals surface area contributed by atoms with Gasteiger partial charge in [-0.25, -0.2) is 0 Å². The number of hydrogen-bond donors (Lipinski definition) is 1. The quantitative estimate of drug-likeness (QED) is 0.541. The van der Waals surface area contributed by atoms with Gasteiger partial charge in [0.2, 0.25) is 0 Å². The number of ether oxygens (including phenoxy) is 4. The lowest BCUT2D eigenvalue weighted by atomic mass is 9.46. The number of methoxy groups -OCH3 is 1. The van der Waals surface area contributed by atoms with E-state index < -0.39 is 53.4 Å². The summed E-state index contributed by atoms with van der Waals surface area (Å²) in [6.07, 6.45) is 0.415. The van der Waals surface area contributed by atoms with E-state index in [0.717, 1.165) is 5.57 Å². The van der Waals surface area contributed by atoms with Crippen LogP contribution in [0.3, 0.4) is 0 Å². The molecule has 0 amide bonds. The van der Waals surface area contributed by atoms with E-state index in [1.807, 2.05) is 39.8 Å². The molecule has 0 aromatic rings. The SMILES string of the molecule is COC(C)(C)[C@@H]1C=C2C(=O)[C@@H]3O[C@H]3[C@H](O)C2C2[C@H]3O[C@H](C=C(C)C)[C@]21C(=O)C1O[C@H]13. The lowest BCUT2D eigenvalue weighted by Crippen LogP contribution is -2.65. The van der Waals surface area contributed by atoms with Crippen LogP contribution in [-0.2, 0) is 28.5 Å². The number of ketones is 2. The summed E-state index contributed by atoms with van der Waals surface area (Å²) in [5.41, 5.74) is -0.0736. The summed E-state index contributed by atoms with van der Waals surface area (Å²) in [6.45, 7) is 7.87. The normalized spacial score (nSPS) is 52.5. The molecule has 162 valence electrons. The summed E-state index contributed by atoms with van der Waals surface area (Å²) in [5, 5.41) is 11.2. The maximum absolute atomic E-state index is 14.0. The van der Waals surface area contributed by atoms with Crippen LogP contribution in [0.1, 0.15) is 27.7 Å². The molecule has 0 aromatic heterocycles. The van der Waals surface area contributed by atoms with Crippen LogP contribution in [0.25, 0.3) is 0 Å². The van der Waals surface area contributed by atoms with Crippen molar-refractivity contribution in [1.82, 2.24) is 0 Å². The van der Waals surface area contributed by atoms with Gasteiger partial charge in [0.1, 0.15) is 24.4 Å². The molecule has 5 fully saturated rings. The molecule has 0 spiro atoms. The number of carbonyl (C=O) groups excluding carboxylic acids is 2. The first-order chi connectivity index (χ1) is 14.1. The van der Waals surface area contributed by atoms with Gasteiger partial charge in [0.05, 0.1) is 29.3 Å². The van der Waals surface area contributed by atoms with Gasteiger partial charge >= 0.3 is 0 Å². The summed E-state index contributed by atoms with van der Waals surface area (Å²) in [7, 11) is 1.63. The number of aliphatic hydroxyl groups excluding tert-OH is 1. The Labute approximate surface area is 175 Å². The summed E-state index contributed by atoms with van der Waals surface area (Å²) in [6, 6.07) is 0. The summed E-state index contributed by atoms with van der Waals surface area (Å²) in [4.78, 5) is 27.1. The molecule has 6 rings (SSSR count). The van der Waals surface area contributed by atoms with E-state index >= 15 is 0 Å². The Hall–Kier alpha value is -1.38. The monoisotopic (exact) mass is 416 g/mol. The van der Waals surface area contributed by atoms with E-state index in [0.29, 0.717) is 5.57 Å². The number of Topliss-reactive ketones (excluding diaryl/α,β-unsaturated/α-hetero) is 2. The number of fused-ring (bicyclic) bond motifs is 4. The molecule has 3 heterocycles. The van der Waals surface area contributed by atoms with E-state index in [1.165, 1.54) is 0 Å². The van der Waals surface area contributed by atoms with Crippen molar-refractivity contribution < 1.29 is 33.6 Å². The first-order valence-corrected chi connectivity index (χ1v) is 10.8. The molecule has 3 unspecified atom stereocenters. The summed E-state index contributed by atoms with van der Waals surface area (Å²) < 4.78 is 23.7. The summed E-state index contributed by atoms with van der Waals surface area (Å²) >= 11 is 0. The Bertz CT molecular complexity index is 915. The highest BCUT2D eigenvalue weighted by Gasteiger charge is 2.81. The zero-order chi connectivity index (χ0) is 21.3. The van der Waals surface area contributed by atoms with Crippen molar-refractivity contribution in [3.8, 4) is 0 Å². The third-order valence-electron chi connectivity index (χ3n) is 8.35. The number of epoxide rings is 2. The fourth-order valence-electron chi connectivity index (χ4n) is 6.90. The fraction of sp³-hybridized carbons (Fsp3) is 0.739. The van der Waals surface area contributed by atoms with Crippen molar-refractivity contribution in [2.75, 3.05) is 7.11 Å². The van der Waals surface area contributed by atoms with Gasteiger partial charge in [-0.2, -0.15) is 0 Å². The minimum atomic E-state index is -0.962. The molecular weight excluding hydrogens is 388 g/mol. The third-order valence-corrected chi connectivity index (χ3v) is 8.35. The van der Waals surface area contributed by atoms with E-state index in [9.17, 15) is 14.7 Å². The third kappa shape index (κ3) is 2.08. The second kappa shape index (κ2) is 5.70. The second-order valence-corrected chi connectivity index (χ2v) is 10.4. The number of hydrogen-bond acceptors (Lipinski definition) is 7. The van der Waals surface area contributed by atoms with E-state index in [2.05, 4.69) is 0 Å². The number of allylic oxidation sites excluding steroid dienone is 1. The van der Waals surface area contributed by atoms with Gasteiger partial charge in [-0.15, -0.1) is 0 Å². The van der Waals surface area contributed by atoms with Crippen LogP contribution < -0.4 is 0 Å². The van der Waals surface area contributed by atoms with Gasteiger partial charge in [-0.3, -0.25) is 9.59 Å². The second-order valence-electron chi connectivity index (χ2n) is 10.4. The topological polar surface area (TPSA) is 97.9 Å². The molecule has 30 heavy (non-hydrogen) atoms. The molecule has 2 bridgehead atoms. The van der Waals surface area contributed by atoms with E-state index in [4.69, 9.17) is 18.9 Å². The molecular formula is C23H28O7. The lowest BCUT2D eigenvalue weighted by Gasteiger charge is -2.55. The van der Waals surface area contributed by atoms with Crippen LogP contribution in [0, 0.1) is 23.2 Å². The number of carbonyl (C=O) groups is 2. The molecule has 11 atom stereocenters. The molecule has 3 saturated heterocycles. The minimum absolute atomic E-state index is 0.0117. The number of aliphatic hydroxyl groups is 1. The van der Waals surface area contributed by atoms with Crippen LogP contribution in [0.15, 0.2) is 23.3 Å². The van der Waals surface area contributed by atoms with Crippen LogP contribution in [0.5, 0.6) is 0 Å². The largest absolute Gasteiger partial charge is 0.390 e. The smallest absolute Gasteiger partial charge is 0.190 e. The Morgan fingerprint density at radius 2 is 1.83 bits per heavy atom. The first-order valence-electron chi connectivity index (χ1n) is 10.8. The molecule has 6 aliphatic rings. The predicted octanol–water partition coefficient (Wildman–Crippen LogP) is 0.981. The van der Waals surface area contributed by atoms with Crippen molar-refractivity contribution in [2.45, 2.75) is 76.0 Å². The lowest BCUT2D eigenvalue weighted by molar-refractivity contribution is -0.155. The average molecular weight is 416 g/mol. The zero-order valence-corrected chi connectivity index (χ0v) is 17.8. The van der Waals surface area contributed by atoms with Crippen LogP contribution in [0.4, 0.5) is 0 Å². The molecule has 7 nitrogen and oxygen atoms in total. The van der Waals surface area contributed by atoms with Gasteiger partial charge < -0.3 is 24.1 Å². The Morgan fingerprint density at radius 3 is 2.50 bits per heavy atom. The van der Waals surface area contributed by atoms with Gasteiger partial charge in [-0.05, 0) is 27.7 Å². The van der Waals surface area contributed by atoms with Crippen molar-refractivity contribution >= 4 is 11.6 Å². The molecule has 2 saturated carbocycles. The van der Waals surface area contributed by atoms with E-state index in [-0.39, 0.29) is 29.7 Å². The standard InChI is InChI=1S/C23H28O7/c1-8(2)6-11-23-10(22(3,4)27-5)7-9-12(15(25)18-17(29-18)14(9)24)13(23)16(28-11)19-20(30-19)21(23)26/h6-7,10-13,15-20,25H,1-5H3/t10-,11+,12?,13?,15+,16+,17-,18-,19-,20?,23-/m0/s1. The Balaban J connectivity index is 1.62. The molecule has 0 radical (unpaired) electrons. The van der Waals surface area contributed by atoms with Crippen LogP contribution >= 0.6 is 0 Å². The fourth-order valence-corrected chi connectivity index (χ4v) is 6.90. The van der Waals surface area contributed by atoms with Gasteiger partial charge in [0, 0.05) is 30.4 Å². The zero-order valence-electron chi connectivity index (χ0n) is 17.8. The molecule has 3 aliphatic heterocycles. The maximum Gasteiger partial charge on any atom is 0.190 e. The Kier molecular flexibility index (Phi) is 3.67. The van der Waals surface area contributed by atoms with Crippen molar-refractivity contribution in [3.63, 3.8) is 0 Å². The van der Waals surface area contributed by atoms with Crippen molar-refractivity contribution in [3.05, 3.63) is 23.3 Å². The minimum Gasteiger partial charge on any atom is -0.390 e.